The molecule has 2 rings (SSSR count). The van der Waals surface area contributed by atoms with Crippen molar-refractivity contribution >= 4 is 29.0 Å². The molecule has 0 atom stereocenters. The number of carbonyl (C=O) groups excluding carboxylic acids is 1. The van der Waals surface area contributed by atoms with Gasteiger partial charge in [-0.25, -0.2) is 4.98 Å². The number of nitrogens with two attached hydrogens (primary N) is 1. The number of nitrogen functional groups attached to an aromatic ring is 1. The van der Waals surface area contributed by atoms with Crippen LogP contribution in [0.2, 0.25) is 5.02 Å². The van der Waals surface area contributed by atoms with Gasteiger partial charge in [0.25, 0.3) is 5.91 Å². The molecule has 1 aromatic carbocycles. The Bertz CT molecular complexity index is 613. The number of benzene rings is 1. The second-order valence-corrected chi connectivity index (χ2v) is 4.50. The van der Waals surface area contributed by atoms with Crippen molar-refractivity contribution in [2.45, 2.75) is 13.3 Å². The van der Waals surface area contributed by atoms with E-state index in [1.54, 1.807) is 0 Å². The lowest BCUT2D eigenvalue weighted by Gasteiger charge is -2.08. The van der Waals surface area contributed by atoms with E-state index < -0.39 is 0 Å². The second-order valence-electron chi connectivity index (χ2n) is 4.10. The lowest BCUT2D eigenvalue weighted by molar-refractivity contribution is 0.102. The molecule has 98 valence electrons. The topological polar surface area (TPSA) is 68.0 Å². The number of nitrogens with zero attached hydrogens (tertiary/aromatic N) is 1. The van der Waals surface area contributed by atoms with Crippen LogP contribution < -0.4 is 11.1 Å². The van der Waals surface area contributed by atoms with Gasteiger partial charge >= 0.3 is 0 Å². The van der Waals surface area contributed by atoms with E-state index >= 15 is 0 Å². The Labute approximate surface area is 116 Å². The molecular formula is C14H14ClN3O. The molecule has 2 aromatic rings. The summed E-state index contributed by atoms with van der Waals surface area (Å²) in [6.45, 7) is 2.06. The summed E-state index contributed by atoms with van der Waals surface area (Å²) in [6, 6.07) is 9.12. The summed E-state index contributed by atoms with van der Waals surface area (Å²) in [5.41, 5.74) is 7.75. The third-order valence-corrected chi connectivity index (χ3v) is 3.02. The number of pyridine rings is 1. The van der Waals surface area contributed by atoms with Crippen LogP contribution in [0, 0.1) is 0 Å². The fourth-order valence-corrected chi connectivity index (χ4v) is 1.89. The highest BCUT2D eigenvalue weighted by atomic mass is 35.5. The van der Waals surface area contributed by atoms with Crippen LogP contribution in [0.3, 0.4) is 0 Å². The first-order valence-corrected chi connectivity index (χ1v) is 6.29. The lowest BCUT2D eigenvalue weighted by Crippen LogP contribution is -2.13. The molecule has 1 aromatic heterocycles. The summed E-state index contributed by atoms with van der Waals surface area (Å²) in [5, 5.41) is 3.07. The molecule has 0 radical (unpaired) electrons. The molecule has 0 saturated carbocycles. The van der Waals surface area contributed by atoms with Crippen molar-refractivity contribution in [3.63, 3.8) is 0 Å². The Morgan fingerprint density at radius 2 is 2.21 bits per heavy atom. The van der Waals surface area contributed by atoms with Gasteiger partial charge in [0.05, 0.1) is 10.6 Å². The third-order valence-electron chi connectivity index (χ3n) is 2.71. The van der Waals surface area contributed by atoms with Gasteiger partial charge in [0.1, 0.15) is 5.82 Å². The highest BCUT2D eigenvalue weighted by Crippen LogP contribution is 2.19. The minimum Gasteiger partial charge on any atom is -0.384 e. The Hall–Kier alpha value is -2.07. The molecule has 0 aliphatic heterocycles. The molecule has 0 spiro atoms. The van der Waals surface area contributed by atoms with Gasteiger partial charge in [-0.3, -0.25) is 4.79 Å². The van der Waals surface area contributed by atoms with E-state index in [1.807, 2.05) is 24.3 Å². The maximum atomic E-state index is 12.1. The summed E-state index contributed by atoms with van der Waals surface area (Å²) in [4.78, 5) is 15.9. The zero-order valence-electron chi connectivity index (χ0n) is 10.5. The second kappa shape index (κ2) is 5.71. The van der Waals surface area contributed by atoms with Gasteiger partial charge in [0.2, 0.25) is 0 Å². The molecule has 3 N–H and O–H groups in total. The smallest absolute Gasteiger partial charge is 0.257 e. The summed E-state index contributed by atoms with van der Waals surface area (Å²) in [7, 11) is 0. The molecule has 1 amide bonds. The Kier molecular flexibility index (Phi) is 4.02. The van der Waals surface area contributed by atoms with Gasteiger partial charge in [-0.1, -0.05) is 30.7 Å². The summed E-state index contributed by atoms with van der Waals surface area (Å²) in [6.07, 6.45) is 2.28. The van der Waals surface area contributed by atoms with E-state index in [-0.39, 0.29) is 16.7 Å². The molecule has 0 aliphatic rings. The van der Waals surface area contributed by atoms with Crippen molar-refractivity contribution in [3.8, 4) is 0 Å². The number of amides is 1. The van der Waals surface area contributed by atoms with Crippen molar-refractivity contribution in [1.29, 1.82) is 0 Å². The fraction of sp³-hybridized carbons (Fsp3) is 0.143. The number of nitrogens with one attached hydrogen (secondary N) is 1. The van der Waals surface area contributed by atoms with E-state index in [0.29, 0.717) is 5.56 Å². The van der Waals surface area contributed by atoms with Crippen LogP contribution in [0.1, 0.15) is 22.8 Å². The number of hydrogen-bond donors (Lipinski definition) is 2. The molecule has 0 saturated heterocycles. The number of carbonyl (C=O) groups is 1. The van der Waals surface area contributed by atoms with Crippen LogP contribution in [0.15, 0.2) is 36.5 Å². The standard InChI is InChI=1S/C14H14ClN3O/c1-2-9-4-3-5-10(6-9)18-14(19)11-7-13(16)17-8-12(11)15/h3-8H,2H2,1H3,(H2,16,17)(H,18,19). The highest BCUT2D eigenvalue weighted by molar-refractivity contribution is 6.34. The predicted octanol–water partition coefficient (Wildman–Crippen LogP) is 3.13. The van der Waals surface area contributed by atoms with Gasteiger partial charge < -0.3 is 11.1 Å². The summed E-state index contributed by atoms with van der Waals surface area (Å²) >= 11 is 5.94. The number of anilines is 2. The fourth-order valence-electron chi connectivity index (χ4n) is 1.70. The third kappa shape index (κ3) is 3.23. The molecule has 0 aliphatic carbocycles. The molecule has 0 bridgehead atoms. The highest BCUT2D eigenvalue weighted by Gasteiger charge is 2.11. The molecule has 19 heavy (non-hydrogen) atoms. The van der Waals surface area contributed by atoms with Crippen LogP contribution >= 0.6 is 11.6 Å². The number of aryl methyl sites for hydroxylation is 1. The van der Waals surface area contributed by atoms with Gasteiger partial charge in [-0.2, -0.15) is 0 Å². The quantitative estimate of drug-likeness (QED) is 0.904. The lowest BCUT2D eigenvalue weighted by atomic mass is 10.1. The maximum Gasteiger partial charge on any atom is 0.257 e. The van der Waals surface area contributed by atoms with Gasteiger partial charge in [0.15, 0.2) is 0 Å². The molecule has 0 fully saturated rings. The monoisotopic (exact) mass is 275 g/mol. The maximum absolute atomic E-state index is 12.1. The molecule has 1 heterocycles. The minimum atomic E-state index is -0.299. The van der Waals surface area contributed by atoms with E-state index in [4.69, 9.17) is 17.3 Å². The van der Waals surface area contributed by atoms with Gasteiger partial charge in [-0.15, -0.1) is 0 Å². The van der Waals surface area contributed by atoms with Crippen molar-refractivity contribution in [2.75, 3.05) is 11.1 Å². The Balaban J connectivity index is 2.23. The van der Waals surface area contributed by atoms with Crippen LogP contribution in [-0.4, -0.2) is 10.9 Å². The predicted molar refractivity (Wildman–Crippen MR) is 77.4 cm³/mol. The Morgan fingerprint density at radius 3 is 2.95 bits per heavy atom. The zero-order chi connectivity index (χ0) is 13.8. The number of aromatic nitrogens is 1. The summed E-state index contributed by atoms with van der Waals surface area (Å²) in [5.74, 6) is -0.0378. The zero-order valence-corrected chi connectivity index (χ0v) is 11.2. The van der Waals surface area contributed by atoms with Crippen molar-refractivity contribution in [2.24, 2.45) is 0 Å². The van der Waals surface area contributed by atoms with Crippen molar-refractivity contribution < 1.29 is 4.79 Å². The van der Waals surface area contributed by atoms with Crippen LogP contribution in [-0.2, 0) is 6.42 Å². The number of rotatable bonds is 3. The SMILES string of the molecule is CCc1cccc(NC(=O)c2cc(N)ncc2Cl)c1. The van der Waals surface area contributed by atoms with Crippen molar-refractivity contribution in [1.82, 2.24) is 4.98 Å². The molecule has 4 nitrogen and oxygen atoms in total. The van der Waals surface area contributed by atoms with Gasteiger partial charge in [-0.05, 0) is 30.2 Å². The van der Waals surface area contributed by atoms with Crippen LogP contribution in [0.5, 0.6) is 0 Å². The van der Waals surface area contributed by atoms with E-state index in [0.717, 1.165) is 17.7 Å². The van der Waals surface area contributed by atoms with E-state index in [2.05, 4.69) is 17.2 Å². The van der Waals surface area contributed by atoms with Crippen LogP contribution in [0.4, 0.5) is 11.5 Å². The molecule has 0 unspecified atom stereocenters. The van der Waals surface area contributed by atoms with E-state index in [9.17, 15) is 4.79 Å². The summed E-state index contributed by atoms with van der Waals surface area (Å²) < 4.78 is 0. The Morgan fingerprint density at radius 1 is 1.42 bits per heavy atom. The first-order chi connectivity index (χ1) is 9.10. The first kappa shape index (κ1) is 13.4. The van der Waals surface area contributed by atoms with Crippen LogP contribution in [0.25, 0.3) is 0 Å². The normalized spacial score (nSPS) is 10.2. The van der Waals surface area contributed by atoms with E-state index in [1.165, 1.54) is 12.3 Å². The van der Waals surface area contributed by atoms with Gasteiger partial charge in [0, 0.05) is 11.9 Å². The van der Waals surface area contributed by atoms with Crippen molar-refractivity contribution in [3.05, 3.63) is 52.7 Å². The molecular weight excluding hydrogens is 262 g/mol. The average molecular weight is 276 g/mol. The minimum absolute atomic E-state index is 0.261. The number of halogens is 1. The number of hydrogen-bond acceptors (Lipinski definition) is 3. The average Bonchev–Trinajstić information content (AvgIpc) is 2.41. The first-order valence-electron chi connectivity index (χ1n) is 5.91. The largest absolute Gasteiger partial charge is 0.384 e. The molecule has 5 heteroatoms.